The van der Waals surface area contributed by atoms with Gasteiger partial charge in [-0.25, -0.2) is 4.79 Å². The van der Waals surface area contributed by atoms with Crippen molar-refractivity contribution >= 4 is 11.9 Å². The van der Waals surface area contributed by atoms with Crippen LogP contribution in [0.25, 0.3) is 5.69 Å². The molecule has 0 saturated heterocycles. The number of hydrogen-bond donors (Lipinski definition) is 1. The first kappa shape index (κ1) is 15.4. The Morgan fingerprint density at radius 1 is 0.958 bits per heavy atom. The predicted molar refractivity (Wildman–Crippen MR) is 85.4 cm³/mol. The summed E-state index contributed by atoms with van der Waals surface area (Å²) in [6.07, 6.45) is 0. The summed E-state index contributed by atoms with van der Waals surface area (Å²) in [4.78, 5) is 30.1. The summed E-state index contributed by atoms with van der Waals surface area (Å²) in [6, 6.07) is 17.6. The van der Waals surface area contributed by atoms with E-state index in [0.717, 1.165) is 0 Å². The van der Waals surface area contributed by atoms with Crippen molar-refractivity contribution in [3.05, 3.63) is 77.6 Å². The molecule has 0 aliphatic rings. The SMILES string of the molecule is Cc1nn(-c2ccccc2)nc1C(=O)ONC(=O)c1ccccc1. The number of carbonyl (C=O) groups excluding carboxylic acids is 2. The number of rotatable bonds is 3. The van der Waals surface area contributed by atoms with Crippen LogP contribution in [0.2, 0.25) is 0 Å². The van der Waals surface area contributed by atoms with Gasteiger partial charge in [0.15, 0.2) is 5.69 Å². The van der Waals surface area contributed by atoms with Gasteiger partial charge in [0.1, 0.15) is 0 Å². The lowest BCUT2D eigenvalue weighted by Gasteiger charge is -2.04. The van der Waals surface area contributed by atoms with Crippen LogP contribution in [0.5, 0.6) is 0 Å². The maximum Gasteiger partial charge on any atom is 0.385 e. The highest BCUT2D eigenvalue weighted by Crippen LogP contribution is 2.09. The fourth-order valence-corrected chi connectivity index (χ4v) is 2.03. The maximum absolute atomic E-state index is 12.1. The van der Waals surface area contributed by atoms with Crippen LogP contribution >= 0.6 is 0 Å². The Labute approximate surface area is 137 Å². The third-order valence-electron chi connectivity index (χ3n) is 3.24. The molecule has 1 heterocycles. The molecule has 1 amide bonds. The summed E-state index contributed by atoms with van der Waals surface area (Å²) in [5.41, 5.74) is 3.64. The van der Waals surface area contributed by atoms with Crippen LogP contribution in [0.3, 0.4) is 0 Å². The zero-order valence-electron chi connectivity index (χ0n) is 12.8. The van der Waals surface area contributed by atoms with Gasteiger partial charge in [-0.2, -0.15) is 15.4 Å². The second-order valence-electron chi connectivity index (χ2n) is 4.95. The molecule has 0 aliphatic heterocycles. The minimum absolute atomic E-state index is 0.0345. The van der Waals surface area contributed by atoms with Crippen molar-refractivity contribution in [1.82, 2.24) is 20.5 Å². The first-order valence-corrected chi connectivity index (χ1v) is 7.21. The molecule has 24 heavy (non-hydrogen) atoms. The lowest BCUT2D eigenvalue weighted by Crippen LogP contribution is -2.27. The van der Waals surface area contributed by atoms with Crippen LogP contribution < -0.4 is 5.48 Å². The Balaban J connectivity index is 1.70. The Morgan fingerprint density at radius 3 is 2.25 bits per heavy atom. The van der Waals surface area contributed by atoms with E-state index in [0.29, 0.717) is 16.9 Å². The normalized spacial score (nSPS) is 10.2. The van der Waals surface area contributed by atoms with E-state index >= 15 is 0 Å². The molecule has 7 nitrogen and oxygen atoms in total. The zero-order chi connectivity index (χ0) is 16.9. The third-order valence-corrected chi connectivity index (χ3v) is 3.24. The molecule has 3 aromatic rings. The standard InChI is InChI=1S/C17H14N4O3/c1-12-15(19-21(18-12)14-10-6-3-7-11-14)17(23)24-20-16(22)13-8-4-2-5-9-13/h2-11H,1H3,(H,20,22). The quantitative estimate of drug-likeness (QED) is 0.746. The van der Waals surface area contributed by atoms with E-state index < -0.39 is 11.9 Å². The summed E-state index contributed by atoms with van der Waals surface area (Å²) >= 11 is 0. The molecule has 0 bridgehead atoms. The van der Waals surface area contributed by atoms with Crippen LogP contribution in [0.1, 0.15) is 26.5 Å². The van der Waals surface area contributed by atoms with E-state index in [1.54, 1.807) is 37.3 Å². The molecule has 120 valence electrons. The number of aryl methyl sites for hydroxylation is 1. The Morgan fingerprint density at radius 2 is 1.58 bits per heavy atom. The van der Waals surface area contributed by atoms with Crippen molar-refractivity contribution in [2.45, 2.75) is 6.92 Å². The van der Waals surface area contributed by atoms with Crippen LogP contribution in [0.15, 0.2) is 60.7 Å². The Hall–Kier alpha value is -3.48. The first-order chi connectivity index (χ1) is 11.6. The summed E-state index contributed by atoms with van der Waals surface area (Å²) in [5.74, 6) is -1.30. The molecule has 0 aliphatic carbocycles. The first-order valence-electron chi connectivity index (χ1n) is 7.21. The monoisotopic (exact) mass is 322 g/mol. The van der Waals surface area contributed by atoms with Crippen molar-refractivity contribution < 1.29 is 14.4 Å². The molecule has 0 atom stereocenters. The summed E-state index contributed by atoms with van der Waals surface area (Å²) in [5, 5.41) is 8.29. The fraction of sp³-hybridized carbons (Fsp3) is 0.0588. The average Bonchev–Trinajstić information content (AvgIpc) is 3.03. The average molecular weight is 322 g/mol. The lowest BCUT2D eigenvalue weighted by atomic mass is 10.2. The van der Waals surface area contributed by atoms with E-state index in [-0.39, 0.29) is 5.69 Å². The maximum atomic E-state index is 12.1. The van der Waals surface area contributed by atoms with Crippen molar-refractivity contribution in [2.75, 3.05) is 0 Å². The van der Waals surface area contributed by atoms with Gasteiger partial charge in [-0.3, -0.25) is 4.79 Å². The molecule has 2 aromatic carbocycles. The number of para-hydroxylation sites is 1. The molecule has 7 heteroatoms. The minimum Gasteiger partial charge on any atom is -0.333 e. The zero-order valence-corrected chi connectivity index (χ0v) is 12.8. The number of hydrogen-bond acceptors (Lipinski definition) is 5. The summed E-state index contributed by atoms with van der Waals surface area (Å²) in [7, 11) is 0. The van der Waals surface area contributed by atoms with Gasteiger partial charge in [-0.1, -0.05) is 36.4 Å². The van der Waals surface area contributed by atoms with Crippen molar-refractivity contribution in [2.24, 2.45) is 0 Å². The van der Waals surface area contributed by atoms with E-state index in [1.165, 1.54) is 4.80 Å². The van der Waals surface area contributed by atoms with Gasteiger partial charge < -0.3 is 4.84 Å². The number of benzene rings is 2. The molecule has 0 radical (unpaired) electrons. The molecular weight excluding hydrogens is 308 g/mol. The molecule has 0 unspecified atom stereocenters. The number of carbonyl (C=O) groups is 2. The smallest absolute Gasteiger partial charge is 0.333 e. The van der Waals surface area contributed by atoms with Gasteiger partial charge in [-0.05, 0) is 31.2 Å². The number of aromatic nitrogens is 3. The molecule has 3 rings (SSSR count). The summed E-state index contributed by atoms with van der Waals surface area (Å²) in [6.45, 7) is 1.64. The van der Waals surface area contributed by atoms with Gasteiger partial charge in [0, 0.05) is 5.56 Å². The number of hydroxylamine groups is 1. The van der Waals surface area contributed by atoms with Crippen molar-refractivity contribution in [3.8, 4) is 5.69 Å². The fourth-order valence-electron chi connectivity index (χ4n) is 2.03. The van der Waals surface area contributed by atoms with E-state index in [2.05, 4.69) is 15.7 Å². The molecule has 1 aromatic heterocycles. The third kappa shape index (κ3) is 3.30. The molecule has 0 fully saturated rings. The molecule has 0 spiro atoms. The Bertz CT molecular complexity index is 860. The van der Waals surface area contributed by atoms with Crippen LogP contribution in [-0.2, 0) is 4.84 Å². The largest absolute Gasteiger partial charge is 0.385 e. The predicted octanol–water partition coefficient (Wildman–Crippen LogP) is 2.08. The minimum atomic E-state index is -0.779. The van der Waals surface area contributed by atoms with Crippen LogP contribution in [0, 0.1) is 6.92 Å². The van der Waals surface area contributed by atoms with Crippen LogP contribution in [-0.4, -0.2) is 26.9 Å². The van der Waals surface area contributed by atoms with Gasteiger partial charge in [0.05, 0.1) is 11.4 Å². The van der Waals surface area contributed by atoms with E-state index in [1.807, 2.05) is 30.3 Å². The second kappa shape index (κ2) is 6.74. The van der Waals surface area contributed by atoms with Gasteiger partial charge in [-0.15, -0.1) is 5.10 Å². The van der Waals surface area contributed by atoms with E-state index in [4.69, 9.17) is 4.84 Å². The van der Waals surface area contributed by atoms with Crippen LogP contribution in [0.4, 0.5) is 0 Å². The van der Waals surface area contributed by atoms with Gasteiger partial charge >= 0.3 is 5.97 Å². The van der Waals surface area contributed by atoms with E-state index in [9.17, 15) is 9.59 Å². The van der Waals surface area contributed by atoms with Crippen molar-refractivity contribution in [3.63, 3.8) is 0 Å². The Kier molecular flexibility index (Phi) is 4.33. The number of nitrogens with zero attached hydrogens (tertiary/aromatic N) is 3. The lowest BCUT2D eigenvalue weighted by molar-refractivity contribution is 0.0223. The number of nitrogens with one attached hydrogen (secondary N) is 1. The second-order valence-corrected chi connectivity index (χ2v) is 4.95. The van der Waals surface area contributed by atoms with Crippen molar-refractivity contribution in [1.29, 1.82) is 0 Å². The highest BCUT2D eigenvalue weighted by atomic mass is 16.7. The molecule has 1 N–H and O–H groups in total. The van der Waals surface area contributed by atoms with Gasteiger partial charge in [0.2, 0.25) is 0 Å². The highest BCUT2D eigenvalue weighted by Gasteiger charge is 2.19. The van der Waals surface area contributed by atoms with Gasteiger partial charge in [0.25, 0.3) is 5.91 Å². The summed E-state index contributed by atoms with van der Waals surface area (Å²) < 4.78 is 0. The highest BCUT2D eigenvalue weighted by molar-refractivity contribution is 5.95. The topological polar surface area (TPSA) is 86.1 Å². The number of amides is 1. The molecular formula is C17H14N4O3. The molecule has 0 saturated carbocycles.